The maximum absolute atomic E-state index is 12.5. The van der Waals surface area contributed by atoms with E-state index in [0.717, 1.165) is 37.0 Å². The van der Waals surface area contributed by atoms with Crippen LogP contribution >= 0.6 is 11.6 Å². The molecule has 0 amide bonds. The molecule has 33 heavy (non-hydrogen) atoms. The fraction of sp³-hybridized carbons (Fsp3) is 0.750. The largest absolute Gasteiger partial charge is 0.547 e. The minimum atomic E-state index is -2.03. The van der Waals surface area contributed by atoms with Crippen molar-refractivity contribution in [3.05, 3.63) is 36.6 Å². The Labute approximate surface area is 208 Å². The van der Waals surface area contributed by atoms with Gasteiger partial charge in [-0.1, -0.05) is 66.3 Å². The Morgan fingerprint density at radius 3 is 2.52 bits per heavy atom. The number of ether oxygens (including phenoxy) is 1. The van der Waals surface area contributed by atoms with Gasteiger partial charge in [-0.05, 0) is 73.1 Å². The summed E-state index contributed by atoms with van der Waals surface area (Å²) in [5, 5.41) is 0.117. The van der Waals surface area contributed by atoms with Gasteiger partial charge in [0, 0.05) is 11.3 Å². The van der Waals surface area contributed by atoms with E-state index in [-0.39, 0.29) is 45.7 Å². The van der Waals surface area contributed by atoms with Crippen molar-refractivity contribution in [2.75, 3.05) is 5.88 Å². The Bertz CT molecular complexity index is 841. The fourth-order valence-corrected chi connectivity index (χ4v) is 8.03. The van der Waals surface area contributed by atoms with Gasteiger partial charge >= 0.3 is 5.97 Å². The molecule has 3 rings (SSSR count). The Morgan fingerprint density at radius 2 is 1.97 bits per heavy atom. The van der Waals surface area contributed by atoms with Crippen LogP contribution in [0.3, 0.4) is 0 Å². The van der Waals surface area contributed by atoms with Gasteiger partial charge in [-0.2, -0.15) is 0 Å². The third-order valence-corrected chi connectivity index (χ3v) is 14.8. The maximum atomic E-state index is 12.5. The molecule has 2 fully saturated rings. The summed E-state index contributed by atoms with van der Waals surface area (Å²) in [6.07, 6.45) is 8.11. The Kier molecular flexibility index (Phi) is 7.17. The highest BCUT2D eigenvalue weighted by molar-refractivity contribution is 6.74. The molecule has 0 radical (unpaired) electrons. The average molecular weight is 493 g/mol. The van der Waals surface area contributed by atoms with Gasteiger partial charge in [0.2, 0.25) is 8.32 Å². The van der Waals surface area contributed by atoms with Gasteiger partial charge in [-0.15, -0.1) is 11.6 Å². The lowest BCUT2D eigenvalue weighted by Gasteiger charge is -2.57. The quantitative estimate of drug-likeness (QED) is 0.164. The van der Waals surface area contributed by atoms with Crippen molar-refractivity contribution in [3.8, 4) is 0 Å². The summed E-state index contributed by atoms with van der Waals surface area (Å²) in [7, 11) is -2.03. The number of hydrogen-bond donors (Lipinski definition) is 0. The van der Waals surface area contributed by atoms with Gasteiger partial charge in [0.15, 0.2) is 0 Å². The zero-order valence-corrected chi connectivity index (χ0v) is 23.8. The zero-order chi connectivity index (χ0) is 25.0. The molecule has 186 valence electrons. The predicted molar refractivity (Wildman–Crippen MR) is 141 cm³/mol. The molecule has 3 nitrogen and oxygen atoms in total. The van der Waals surface area contributed by atoms with Gasteiger partial charge < -0.3 is 9.16 Å². The van der Waals surface area contributed by atoms with Crippen molar-refractivity contribution in [2.45, 2.75) is 91.5 Å². The highest BCUT2D eigenvalue weighted by Gasteiger charge is 2.67. The minimum absolute atomic E-state index is 0.0810. The summed E-state index contributed by atoms with van der Waals surface area (Å²) in [5.41, 5.74) is 0.900. The fourth-order valence-electron chi connectivity index (χ4n) is 6.87. The van der Waals surface area contributed by atoms with Crippen LogP contribution in [0.2, 0.25) is 18.1 Å². The van der Waals surface area contributed by atoms with Gasteiger partial charge in [0.1, 0.15) is 12.0 Å². The van der Waals surface area contributed by atoms with Crippen LogP contribution in [0, 0.1) is 34.5 Å². The molecule has 0 unspecified atom stereocenters. The summed E-state index contributed by atoms with van der Waals surface area (Å²) in [6.45, 7) is 27.0. The molecule has 0 aromatic rings. The molecule has 0 heterocycles. The first kappa shape index (κ1) is 26.6. The number of carbonyl (C=O) groups is 1. The first-order valence-electron chi connectivity index (χ1n) is 12.6. The lowest BCUT2D eigenvalue weighted by atomic mass is 9.48. The normalized spacial score (nSPS) is 38.6. The molecule has 7 atom stereocenters. The van der Waals surface area contributed by atoms with E-state index in [1.54, 1.807) is 0 Å². The third kappa shape index (κ3) is 4.18. The van der Waals surface area contributed by atoms with Crippen molar-refractivity contribution < 1.29 is 14.0 Å². The van der Waals surface area contributed by atoms with Crippen molar-refractivity contribution in [1.82, 2.24) is 0 Å². The monoisotopic (exact) mass is 492 g/mol. The molecule has 0 aromatic heterocycles. The number of hydrogen-bond acceptors (Lipinski definition) is 3. The van der Waals surface area contributed by atoms with Gasteiger partial charge in [-0.3, -0.25) is 4.79 Å². The first-order chi connectivity index (χ1) is 15.2. The van der Waals surface area contributed by atoms with E-state index in [1.807, 2.05) is 6.08 Å². The van der Waals surface area contributed by atoms with Crippen molar-refractivity contribution >= 4 is 25.9 Å². The van der Waals surface area contributed by atoms with Crippen molar-refractivity contribution in [3.63, 3.8) is 0 Å². The summed E-state index contributed by atoms with van der Waals surface area (Å²) in [4.78, 5) is 12.5. The third-order valence-electron chi connectivity index (χ3n) is 10.2. The molecule has 5 heteroatoms. The van der Waals surface area contributed by atoms with Crippen LogP contribution in [0.5, 0.6) is 0 Å². The summed E-state index contributed by atoms with van der Waals surface area (Å²) < 4.78 is 13.3. The van der Waals surface area contributed by atoms with Crippen LogP contribution in [0.4, 0.5) is 0 Å². The van der Waals surface area contributed by atoms with Crippen molar-refractivity contribution in [2.24, 2.45) is 34.5 Å². The van der Waals surface area contributed by atoms with Crippen molar-refractivity contribution in [1.29, 1.82) is 0 Å². The Hall–Kier alpha value is -1.00. The predicted octanol–water partition coefficient (Wildman–Crippen LogP) is 7.88. The number of allylic oxidation sites excluding steroid dienone is 4. The summed E-state index contributed by atoms with van der Waals surface area (Å²) in [6, 6.07) is 0. The van der Waals surface area contributed by atoms with E-state index in [9.17, 15) is 4.79 Å². The standard InChI is InChI=1S/C28H45ClO3Si/c1-11-18(2)21-16-23(31-24(30)17-29)27(8)19(3)12-14-28(20(21)4)15-13-22(25(27)28)32-33(9,10)26(5,6)7/h11,13,19-21,23,25H,1-2,12,14-17H2,3-10H3/t19-,20+,21+,23-,25+,27+,28+/m1/s1. The molecule has 0 saturated heterocycles. The van der Waals surface area contributed by atoms with E-state index < -0.39 is 8.32 Å². The second kappa shape index (κ2) is 8.89. The first-order valence-corrected chi connectivity index (χ1v) is 16.1. The van der Waals surface area contributed by atoms with Crippen LogP contribution in [0.25, 0.3) is 0 Å². The SMILES string of the molecule is C=CC(=C)[C@@H]1C[C@@H](OC(=O)CCl)[C@]2(C)[C@H](C)CC[C@]3(CC=C(O[Si](C)(C)C(C)(C)C)[C@H]32)[C@H]1C. The second-order valence-corrected chi connectivity index (χ2v) is 17.7. The molecular formula is C28H45ClO3Si. The lowest BCUT2D eigenvalue weighted by Crippen LogP contribution is -2.55. The topological polar surface area (TPSA) is 35.5 Å². The molecule has 0 N–H and O–H groups in total. The van der Waals surface area contributed by atoms with Crippen LogP contribution in [-0.4, -0.2) is 26.3 Å². The molecule has 0 aromatic carbocycles. The number of alkyl halides is 1. The molecule has 3 aliphatic rings. The Balaban J connectivity index is 2.17. The van der Waals surface area contributed by atoms with Crippen LogP contribution in [0.1, 0.15) is 67.2 Å². The van der Waals surface area contributed by atoms with Gasteiger partial charge in [0.05, 0.1) is 5.76 Å². The summed E-state index contributed by atoms with van der Waals surface area (Å²) >= 11 is 5.92. The van der Waals surface area contributed by atoms with Crippen LogP contribution < -0.4 is 0 Å². The van der Waals surface area contributed by atoms with Crippen LogP contribution in [-0.2, 0) is 14.0 Å². The number of carbonyl (C=O) groups excluding carboxylic acids is 1. The van der Waals surface area contributed by atoms with Gasteiger partial charge in [0.25, 0.3) is 0 Å². The maximum Gasteiger partial charge on any atom is 0.321 e. The van der Waals surface area contributed by atoms with E-state index in [0.29, 0.717) is 11.8 Å². The molecular weight excluding hydrogens is 448 g/mol. The highest BCUT2D eigenvalue weighted by atomic mass is 35.5. The second-order valence-electron chi connectivity index (χ2n) is 12.7. The van der Waals surface area contributed by atoms with E-state index in [1.165, 1.54) is 0 Å². The molecule has 0 aliphatic heterocycles. The molecule has 2 bridgehead atoms. The van der Waals surface area contributed by atoms with E-state index in [2.05, 4.69) is 73.9 Å². The lowest BCUT2D eigenvalue weighted by molar-refractivity contribution is -0.168. The van der Waals surface area contributed by atoms with E-state index in [4.69, 9.17) is 20.8 Å². The highest BCUT2D eigenvalue weighted by Crippen LogP contribution is 2.70. The smallest absolute Gasteiger partial charge is 0.321 e. The van der Waals surface area contributed by atoms with E-state index >= 15 is 0 Å². The molecule has 3 aliphatic carbocycles. The average Bonchev–Trinajstić information content (AvgIpc) is 3.09. The Morgan fingerprint density at radius 1 is 1.33 bits per heavy atom. The molecule has 2 saturated carbocycles. The number of halogens is 1. The minimum Gasteiger partial charge on any atom is -0.547 e. The molecule has 0 spiro atoms. The summed E-state index contributed by atoms with van der Waals surface area (Å²) in [5.74, 6) is 1.91. The number of rotatable bonds is 6. The zero-order valence-electron chi connectivity index (χ0n) is 22.1. The van der Waals surface area contributed by atoms with Gasteiger partial charge in [-0.25, -0.2) is 0 Å². The van der Waals surface area contributed by atoms with Crippen LogP contribution in [0.15, 0.2) is 36.6 Å². The number of esters is 1.